The lowest BCUT2D eigenvalue weighted by atomic mass is 10.4. The van der Waals surface area contributed by atoms with Gasteiger partial charge in [0.2, 0.25) is 0 Å². The van der Waals surface area contributed by atoms with Gasteiger partial charge in [0.25, 0.3) is 0 Å². The molecule has 0 saturated heterocycles. The minimum Gasteiger partial charge on any atom is -0.364 e. The molecule has 0 radical (unpaired) electrons. The molecule has 2 rings (SSSR count). The number of aliphatic imine (C=N–C) groups is 1. The largest absolute Gasteiger partial charge is 0.364 e. The van der Waals surface area contributed by atoms with E-state index < -0.39 is 0 Å². The van der Waals surface area contributed by atoms with Crippen LogP contribution in [0.5, 0.6) is 0 Å². The van der Waals surface area contributed by atoms with Crippen LogP contribution in [0.3, 0.4) is 0 Å². The van der Waals surface area contributed by atoms with Crippen LogP contribution < -0.4 is 0 Å². The Morgan fingerprint density at radius 1 is 1.00 bits per heavy atom. The van der Waals surface area contributed by atoms with Gasteiger partial charge in [0.15, 0.2) is 0 Å². The van der Waals surface area contributed by atoms with Crippen molar-refractivity contribution in [3.63, 3.8) is 0 Å². The number of nitrogens with zero attached hydrogens (tertiary/aromatic N) is 2. The Balaban J connectivity index is 0.000000120. The van der Waals surface area contributed by atoms with Crippen LogP contribution in [0.1, 0.15) is 0 Å². The number of rotatable bonds is 0. The third-order valence-corrected chi connectivity index (χ3v) is 1.53. The summed E-state index contributed by atoms with van der Waals surface area (Å²) in [6.07, 6.45) is 1.86. The molecule has 2 nitrogen and oxygen atoms in total. The molecule has 2 heteroatoms. The minimum absolute atomic E-state index is 0.983. The van der Waals surface area contributed by atoms with E-state index in [9.17, 15) is 0 Å². The number of hydrogen-bond acceptors (Lipinski definition) is 2. The normalized spacial score (nSPS) is 13.9. The molecule has 0 spiro atoms. The van der Waals surface area contributed by atoms with Crippen molar-refractivity contribution in [1.82, 2.24) is 4.90 Å². The van der Waals surface area contributed by atoms with Gasteiger partial charge in [-0.25, -0.2) is 0 Å². The molecule has 0 saturated carbocycles. The molecule has 0 atom stereocenters. The van der Waals surface area contributed by atoms with Crippen LogP contribution in [-0.4, -0.2) is 31.4 Å². The second-order valence-corrected chi connectivity index (χ2v) is 2.66. The maximum Gasteiger partial charge on any atom is 0.0848 e. The summed E-state index contributed by atoms with van der Waals surface area (Å²) >= 11 is 0. The van der Waals surface area contributed by atoms with Gasteiger partial charge in [0, 0.05) is 13.6 Å². The molecule has 0 unspecified atom stereocenters. The maximum absolute atomic E-state index is 3.97. The fourth-order valence-electron chi connectivity index (χ4n) is 0.855. The summed E-state index contributed by atoms with van der Waals surface area (Å²) in [4.78, 5) is 6.03. The van der Waals surface area contributed by atoms with Crippen molar-refractivity contribution in [1.29, 1.82) is 0 Å². The summed E-state index contributed by atoms with van der Waals surface area (Å²) in [6.45, 7) is 2.08. The van der Waals surface area contributed by atoms with Crippen LogP contribution in [0.25, 0.3) is 0 Å². The van der Waals surface area contributed by atoms with Crippen molar-refractivity contribution in [3.8, 4) is 0 Å². The van der Waals surface area contributed by atoms with Crippen molar-refractivity contribution in [2.24, 2.45) is 4.99 Å². The highest BCUT2D eigenvalue weighted by Crippen LogP contribution is 1.84. The quantitative estimate of drug-likeness (QED) is 0.566. The second-order valence-electron chi connectivity index (χ2n) is 2.66. The summed E-state index contributed by atoms with van der Waals surface area (Å²) < 4.78 is 0. The molecule has 1 aliphatic heterocycles. The fourth-order valence-corrected chi connectivity index (χ4v) is 0.855. The van der Waals surface area contributed by atoms with E-state index in [-0.39, 0.29) is 0 Å². The Morgan fingerprint density at radius 3 is 1.67 bits per heavy atom. The average molecular weight is 162 g/mol. The lowest BCUT2D eigenvalue weighted by Gasteiger charge is -1.99. The van der Waals surface area contributed by atoms with E-state index in [2.05, 4.69) is 9.89 Å². The summed E-state index contributed by atoms with van der Waals surface area (Å²) in [6, 6.07) is 12.0. The van der Waals surface area contributed by atoms with Gasteiger partial charge in [0.1, 0.15) is 0 Å². The first kappa shape index (κ1) is 8.78. The topological polar surface area (TPSA) is 15.6 Å². The predicted octanol–water partition coefficient (Wildman–Crippen LogP) is 1.65. The van der Waals surface area contributed by atoms with Crippen LogP contribution in [0.15, 0.2) is 41.4 Å². The number of hydrogen-bond donors (Lipinski definition) is 0. The first-order chi connectivity index (χ1) is 5.89. The van der Waals surface area contributed by atoms with Crippen molar-refractivity contribution >= 4 is 6.34 Å². The average Bonchev–Trinajstić information content (AvgIpc) is 2.60. The van der Waals surface area contributed by atoms with Gasteiger partial charge in [0.05, 0.1) is 12.9 Å². The molecule has 0 aliphatic carbocycles. The van der Waals surface area contributed by atoms with E-state index in [0.29, 0.717) is 0 Å². The Morgan fingerprint density at radius 2 is 1.50 bits per heavy atom. The van der Waals surface area contributed by atoms with Gasteiger partial charge in [-0.1, -0.05) is 36.4 Å². The third kappa shape index (κ3) is 3.76. The van der Waals surface area contributed by atoms with E-state index in [1.54, 1.807) is 0 Å². The van der Waals surface area contributed by atoms with E-state index in [1.807, 2.05) is 49.8 Å². The van der Waals surface area contributed by atoms with Crippen LogP contribution >= 0.6 is 0 Å². The monoisotopic (exact) mass is 162 g/mol. The molecule has 0 amide bonds. The van der Waals surface area contributed by atoms with Gasteiger partial charge >= 0.3 is 0 Å². The highest BCUT2D eigenvalue weighted by molar-refractivity contribution is 5.56. The SMILES string of the molecule is CN1C=NCC1.c1ccccc1. The lowest BCUT2D eigenvalue weighted by Crippen LogP contribution is -2.11. The smallest absolute Gasteiger partial charge is 0.0848 e. The maximum atomic E-state index is 3.97. The highest BCUT2D eigenvalue weighted by Gasteiger charge is 1.94. The molecular weight excluding hydrogens is 148 g/mol. The molecule has 0 N–H and O–H groups in total. The zero-order chi connectivity index (χ0) is 8.65. The molecule has 64 valence electrons. The fraction of sp³-hybridized carbons (Fsp3) is 0.300. The zero-order valence-electron chi connectivity index (χ0n) is 7.35. The first-order valence-corrected chi connectivity index (χ1v) is 4.10. The second kappa shape index (κ2) is 5.35. The van der Waals surface area contributed by atoms with Crippen LogP contribution in [-0.2, 0) is 0 Å². The van der Waals surface area contributed by atoms with Crippen molar-refractivity contribution in [2.75, 3.05) is 20.1 Å². The minimum atomic E-state index is 0.983. The predicted molar refractivity (Wildman–Crippen MR) is 52.4 cm³/mol. The van der Waals surface area contributed by atoms with Crippen LogP contribution in [0.4, 0.5) is 0 Å². The van der Waals surface area contributed by atoms with Crippen LogP contribution in [0.2, 0.25) is 0 Å². The van der Waals surface area contributed by atoms with Gasteiger partial charge < -0.3 is 4.90 Å². The van der Waals surface area contributed by atoms with Gasteiger partial charge in [-0.15, -0.1) is 0 Å². The van der Waals surface area contributed by atoms with E-state index in [4.69, 9.17) is 0 Å². The Labute approximate surface area is 73.5 Å². The Bertz CT molecular complexity index is 192. The molecule has 1 heterocycles. The number of likely N-dealkylation sites (N-methyl/N-ethyl adjacent to an activating group) is 1. The summed E-state index contributed by atoms with van der Waals surface area (Å²) in [5, 5.41) is 0. The molecule has 0 fully saturated rings. The van der Waals surface area contributed by atoms with Crippen LogP contribution in [0, 0.1) is 0 Å². The third-order valence-electron chi connectivity index (χ3n) is 1.53. The molecule has 0 bridgehead atoms. The molecule has 1 aromatic rings. The van der Waals surface area contributed by atoms with E-state index in [1.165, 1.54) is 0 Å². The van der Waals surface area contributed by atoms with E-state index in [0.717, 1.165) is 13.1 Å². The molecule has 1 aliphatic rings. The van der Waals surface area contributed by atoms with Gasteiger partial charge in [-0.2, -0.15) is 0 Å². The first-order valence-electron chi connectivity index (χ1n) is 4.10. The molecular formula is C10H14N2. The Kier molecular flexibility index (Phi) is 3.92. The van der Waals surface area contributed by atoms with Crippen molar-refractivity contribution in [2.45, 2.75) is 0 Å². The van der Waals surface area contributed by atoms with E-state index >= 15 is 0 Å². The standard InChI is InChI=1S/C6H6.C4H8N2/c1-2-4-6-5-3-1;1-6-3-2-5-4-6/h1-6H;4H,2-3H2,1H3. The van der Waals surface area contributed by atoms with Gasteiger partial charge in [-0.3, -0.25) is 4.99 Å². The van der Waals surface area contributed by atoms with Gasteiger partial charge in [-0.05, 0) is 0 Å². The molecule has 1 aromatic carbocycles. The lowest BCUT2D eigenvalue weighted by molar-refractivity contribution is 0.568. The summed E-state index contributed by atoms with van der Waals surface area (Å²) in [5.41, 5.74) is 0. The van der Waals surface area contributed by atoms with Crippen molar-refractivity contribution < 1.29 is 0 Å². The summed E-state index contributed by atoms with van der Waals surface area (Å²) in [5.74, 6) is 0. The van der Waals surface area contributed by atoms with Crippen molar-refractivity contribution in [3.05, 3.63) is 36.4 Å². The molecule has 0 aromatic heterocycles. The summed E-state index contributed by atoms with van der Waals surface area (Å²) in [7, 11) is 2.02. The number of benzene rings is 1. The Hall–Kier alpha value is -1.31. The highest BCUT2D eigenvalue weighted by atomic mass is 15.2. The zero-order valence-corrected chi connectivity index (χ0v) is 7.35. The molecule has 12 heavy (non-hydrogen) atoms.